The van der Waals surface area contributed by atoms with Gasteiger partial charge in [0.05, 0.1) is 0 Å². The molecule has 5 aromatic rings. The Kier molecular flexibility index (Phi) is 6.46. The Morgan fingerprint density at radius 3 is 1.39 bits per heavy atom. The number of aromatic hydroxyl groups is 3. The second-order valence-corrected chi connectivity index (χ2v) is 10.5. The molecule has 38 heavy (non-hydrogen) atoms. The van der Waals surface area contributed by atoms with Gasteiger partial charge in [0, 0.05) is 16.4 Å². The number of benzene rings is 5. The second kappa shape index (κ2) is 9.75. The number of hydrogen-bond acceptors (Lipinski definition) is 3. The summed E-state index contributed by atoms with van der Waals surface area (Å²) in [4.78, 5) is 0. The molecule has 0 radical (unpaired) electrons. The summed E-state index contributed by atoms with van der Waals surface area (Å²) in [6.07, 6.45) is 0. The fourth-order valence-corrected chi connectivity index (χ4v) is 5.31. The standard InChI is InChI=1S/C35H32O3/c1-34(2,26-7-5-4-6-8-26)32-23-25(11-22-33(32)38)24-9-12-27(13-10-24)35(3,28-14-18-30(36)19-15-28)29-16-20-31(37)21-17-29/h4-23,36-38H,1-3H3. The van der Waals surface area contributed by atoms with E-state index < -0.39 is 5.41 Å². The summed E-state index contributed by atoms with van der Waals surface area (Å²) in [5.74, 6) is 0.726. The van der Waals surface area contributed by atoms with Crippen molar-refractivity contribution in [2.75, 3.05) is 0 Å². The summed E-state index contributed by atoms with van der Waals surface area (Å²) in [7, 11) is 0. The molecule has 0 unspecified atom stereocenters. The molecule has 3 nitrogen and oxygen atoms in total. The lowest BCUT2D eigenvalue weighted by Gasteiger charge is -2.32. The average Bonchev–Trinajstić information content (AvgIpc) is 2.94. The van der Waals surface area contributed by atoms with Gasteiger partial charge in [0.1, 0.15) is 17.2 Å². The zero-order valence-corrected chi connectivity index (χ0v) is 21.9. The van der Waals surface area contributed by atoms with Gasteiger partial charge in [0.2, 0.25) is 0 Å². The molecule has 3 N–H and O–H groups in total. The second-order valence-electron chi connectivity index (χ2n) is 10.5. The first-order valence-corrected chi connectivity index (χ1v) is 12.8. The highest BCUT2D eigenvalue weighted by atomic mass is 16.3. The number of rotatable bonds is 6. The number of hydrogen-bond donors (Lipinski definition) is 3. The minimum absolute atomic E-state index is 0.221. The Morgan fingerprint density at radius 1 is 0.447 bits per heavy atom. The molecule has 0 aliphatic heterocycles. The fraction of sp³-hybridized carbons (Fsp3) is 0.143. The van der Waals surface area contributed by atoms with Crippen molar-refractivity contribution in [2.24, 2.45) is 0 Å². The van der Waals surface area contributed by atoms with Crippen LogP contribution in [0.5, 0.6) is 17.2 Å². The largest absolute Gasteiger partial charge is 0.508 e. The van der Waals surface area contributed by atoms with Crippen LogP contribution in [-0.2, 0) is 10.8 Å². The normalized spacial score (nSPS) is 11.9. The first-order valence-electron chi connectivity index (χ1n) is 12.8. The van der Waals surface area contributed by atoms with Crippen molar-refractivity contribution in [3.63, 3.8) is 0 Å². The van der Waals surface area contributed by atoms with Crippen LogP contribution in [-0.4, -0.2) is 15.3 Å². The van der Waals surface area contributed by atoms with Gasteiger partial charge in [-0.05, 0) is 76.7 Å². The molecule has 0 spiro atoms. The molecule has 5 rings (SSSR count). The molecule has 5 aromatic carbocycles. The Hall–Kier alpha value is -4.50. The van der Waals surface area contributed by atoms with Crippen LogP contribution in [0.1, 0.15) is 48.6 Å². The minimum atomic E-state index is -0.505. The Balaban J connectivity index is 1.56. The van der Waals surface area contributed by atoms with Gasteiger partial charge in [-0.15, -0.1) is 0 Å². The smallest absolute Gasteiger partial charge is 0.119 e. The van der Waals surface area contributed by atoms with E-state index in [1.165, 1.54) is 0 Å². The average molecular weight is 501 g/mol. The van der Waals surface area contributed by atoms with Gasteiger partial charge in [-0.2, -0.15) is 0 Å². The van der Waals surface area contributed by atoms with Gasteiger partial charge < -0.3 is 15.3 Å². The molecule has 0 aliphatic rings. The SMILES string of the molecule is CC(C)(c1ccccc1)c1cc(-c2ccc(C(C)(c3ccc(O)cc3)c3ccc(O)cc3)cc2)ccc1O. The van der Waals surface area contributed by atoms with Crippen LogP contribution < -0.4 is 0 Å². The maximum absolute atomic E-state index is 10.8. The summed E-state index contributed by atoms with van der Waals surface area (Å²) in [6.45, 7) is 6.41. The Morgan fingerprint density at radius 2 is 0.895 bits per heavy atom. The van der Waals surface area contributed by atoms with Crippen molar-refractivity contribution < 1.29 is 15.3 Å². The molecule has 0 heterocycles. The van der Waals surface area contributed by atoms with Crippen LogP contribution in [0.25, 0.3) is 11.1 Å². The molecule has 0 fully saturated rings. The molecule has 0 saturated carbocycles. The van der Waals surface area contributed by atoms with Gasteiger partial charge in [-0.3, -0.25) is 0 Å². The van der Waals surface area contributed by atoms with Crippen LogP contribution in [0.15, 0.2) is 121 Å². The molecule has 0 aliphatic carbocycles. The zero-order chi connectivity index (χ0) is 26.9. The quantitative estimate of drug-likeness (QED) is 0.206. The topological polar surface area (TPSA) is 60.7 Å². The molecule has 190 valence electrons. The van der Waals surface area contributed by atoms with E-state index in [2.05, 4.69) is 63.2 Å². The highest BCUT2D eigenvalue weighted by molar-refractivity contribution is 5.68. The van der Waals surface area contributed by atoms with E-state index in [-0.39, 0.29) is 22.7 Å². The van der Waals surface area contributed by atoms with Gasteiger partial charge >= 0.3 is 0 Å². The highest BCUT2D eigenvalue weighted by Crippen LogP contribution is 2.42. The lowest BCUT2D eigenvalue weighted by molar-refractivity contribution is 0.453. The van der Waals surface area contributed by atoms with Gasteiger partial charge in [0.25, 0.3) is 0 Å². The molecule has 0 aromatic heterocycles. The summed E-state index contributed by atoms with van der Waals surface area (Å²) in [5, 5.41) is 30.6. The van der Waals surface area contributed by atoms with Crippen LogP contribution >= 0.6 is 0 Å². The van der Waals surface area contributed by atoms with Crippen molar-refractivity contribution in [1.82, 2.24) is 0 Å². The maximum atomic E-state index is 10.8. The molecular weight excluding hydrogens is 468 g/mol. The van der Waals surface area contributed by atoms with Crippen molar-refractivity contribution in [1.29, 1.82) is 0 Å². The third-order valence-corrected chi connectivity index (χ3v) is 7.85. The van der Waals surface area contributed by atoms with Crippen molar-refractivity contribution in [2.45, 2.75) is 31.6 Å². The van der Waals surface area contributed by atoms with Crippen LogP contribution in [0.2, 0.25) is 0 Å². The number of phenolic OH excluding ortho intramolecular Hbond substituents is 3. The molecule has 0 amide bonds. The van der Waals surface area contributed by atoms with E-state index in [1.807, 2.05) is 48.5 Å². The third-order valence-electron chi connectivity index (χ3n) is 7.85. The van der Waals surface area contributed by atoms with Crippen LogP contribution in [0.4, 0.5) is 0 Å². The van der Waals surface area contributed by atoms with E-state index >= 15 is 0 Å². The van der Waals surface area contributed by atoms with Gasteiger partial charge in [0.15, 0.2) is 0 Å². The molecule has 3 heteroatoms. The van der Waals surface area contributed by atoms with E-state index in [0.717, 1.165) is 38.9 Å². The van der Waals surface area contributed by atoms with Crippen molar-refractivity contribution >= 4 is 0 Å². The minimum Gasteiger partial charge on any atom is -0.508 e. The first kappa shape index (κ1) is 25.2. The lowest BCUT2D eigenvalue weighted by Crippen LogP contribution is -2.25. The summed E-state index contributed by atoms with van der Waals surface area (Å²) in [6, 6.07) is 39.1. The van der Waals surface area contributed by atoms with Crippen LogP contribution in [0.3, 0.4) is 0 Å². The summed E-state index contributed by atoms with van der Waals surface area (Å²) in [5.41, 5.74) is 6.39. The summed E-state index contributed by atoms with van der Waals surface area (Å²) >= 11 is 0. The predicted molar refractivity (Wildman–Crippen MR) is 154 cm³/mol. The Bertz CT molecular complexity index is 1490. The van der Waals surface area contributed by atoms with E-state index in [9.17, 15) is 15.3 Å². The van der Waals surface area contributed by atoms with Gasteiger partial charge in [-0.25, -0.2) is 0 Å². The first-order chi connectivity index (χ1) is 18.2. The maximum Gasteiger partial charge on any atom is 0.119 e. The molecule has 0 saturated heterocycles. The predicted octanol–water partition coefficient (Wildman–Crippen LogP) is 8.15. The van der Waals surface area contributed by atoms with Crippen molar-refractivity contribution in [3.8, 4) is 28.4 Å². The summed E-state index contributed by atoms with van der Waals surface area (Å²) < 4.78 is 0. The van der Waals surface area contributed by atoms with E-state index in [1.54, 1.807) is 30.3 Å². The van der Waals surface area contributed by atoms with Crippen molar-refractivity contribution in [3.05, 3.63) is 149 Å². The monoisotopic (exact) mass is 500 g/mol. The Labute approximate surface area is 224 Å². The number of phenols is 3. The highest BCUT2D eigenvalue weighted by Gasteiger charge is 2.31. The molecule has 0 bridgehead atoms. The van der Waals surface area contributed by atoms with E-state index in [0.29, 0.717) is 0 Å². The fourth-order valence-electron chi connectivity index (χ4n) is 5.31. The zero-order valence-electron chi connectivity index (χ0n) is 21.9. The van der Waals surface area contributed by atoms with Crippen LogP contribution in [0, 0.1) is 0 Å². The third kappa shape index (κ3) is 4.52. The van der Waals surface area contributed by atoms with Gasteiger partial charge in [-0.1, -0.05) is 98.8 Å². The molecule has 0 atom stereocenters. The molecular formula is C35H32O3. The lowest BCUT2D eigenvalue weighted by atomic mass is 9.71. The van der Waals surface area contributed by atoms with E-state index in [4.69, 9.17) is 0 Å².